The number of Topliss-reactive ketones (excluding diaryl/α,β-unsaturated/α-hetero) is 1. The number of aromatic nitrogens is 2. The van der Waals surface area contributed by atoms with E-state index in [2.05, 4.69) is 20.0 Å². The van der Waals surface area contributed by atoms with Gasteiger partial charge in [0.05, 0.1) is 6.61 Å². The molecule has 2 heterocycles. The van der Waals surface area contributed by atoms with Crippen LogP contribution in [0, 0.1) is 0 Å². The molecule has 0 aliphatic carbocycles. The fraction of sp³-hybridized carbons (Fsp3) is 0.368. The normalized spacial score (nSPS) is 11.1. The average Bonchev–Trinajstić information content (AvgIpc) is 2.64. The van der Waals surface area contributed by atoms with Crippen molar-refractivity contribution in [3.8, 4) is 11.6 Å². The van der Waals surface area contributed by atoms with Crippen LogP contribution in [0.3, 0.4) is 0 Å². The summed E-state index contributed by atoms with van der Waals surface area (Å²) in [4.78, 5) is 31.4. The Balaban J connectivity index is 2.05. The van der Waals surface area contributed by atoms with Gasteiger partial charge in [-0.2, -0.15) is 13.2 Å². The molecule has 1 N–H and O–H groups in total. The minimum Gasteiger partial charge on any atom is -0.488 e. The number of hydrogen-bond donors (Lipinski definition) is 1. The Labute approximate surface area is 165 Å². The highest BCUT2D eigenvalue weighted by Gasteiger charge is 2.29. The molecule has 2 rings (SSSR count). The third-order valence-electron chi connectivity index (χ3n) is 3.51. The van der Waals surface area contributed by atoms with E-state index in [0.717, 1.165) is 0 Å². The number of hydrogen-bond acceptors (Lipinski definition) is 6. The molecule has 156 valence electrons. The second kappa shape index (κ2) is 9.85. The van der Waals surface area contributed by atoms with Crippen molar-refractivity contribution in [2.75, 3.05) is 13.2 Å². The van der Waals surface area contributed by atoms with Crippen molar-refractivity contribution >= 4 is 11.7 Å². The van der Waals surface area contributed by atoms with Gasteiger partial charge in [0.25, 0.3) is 11.8 Å². The van der Waals surface area contributed by atoms with Crippen LogP contribution in [-0.2, 0) is 17.8 Å². The Hall–Kier alpha value is -3.17. The van der Waals surface area contributed by atoms with Gasteiger partial charge < -0.3 is 14.8 Å². The summed E-state index contributed by atoms with van der Waals surface area (Å²) in [5.41, 5.74) is 1.33. The lowest BCUT2D eigenvalue weighted by molar-refractivity contribution is -0.154. The zero-order valence-corrected chi connectivity index (χ0v) is 15.9. The number of ketones is 1. The van der Waals surface area contributed by atoms with E-state index >= 15 is 0 Å². The Kier molecular flexibility index (Phi) is 7.52. The predicted molar refractivity (Wildman–Crippen MR) is 96.7 cm³/mol. The lowest BCUT2D eigenvalue weighted by Gasteiger charge is -2.13. The van der Waals surface area contributed by atoms with Gasteiger partial charge >= 0.3 is 6.18 Å². The Morgan fingerprint density at radius 2 is 1.93 bits per heavy atom. The van der Waals surface area contributed by atoms with Gasteiger partial charge in [0.2, 0.25) is 0 Å². The van der Waals surface area contributed by atoms with Gasteiger partial charge in [0.15, 0.2) is 12.4 Å². The summed E-state index contributed by atoms with van der Waals surface area (Å²) in [6.45, 7) is 1.88. The van der Waals surface area contributed by atoms with E-state index < -0.39 is 18.7 Å². The number of carbonyl (C=O) groups excluding carboxylic acids is 2. The van der Waals surface area contributed by atoms with E-state index in [1.54, 1.807) is 6.92 Å². The molecule has 0 unspecified atom stereocenters. The van der Waals surface area contributed by atoms with Crippen LogP contribution in [0.25, 0.3) is 0 Å². The molecule has 2 aromatic rings. The molecule has 0 radical (unpaired) electrons. The first-order chi connectivity index (χ1) is 13.7. The Morgan fingerprint density at radius 3 is 2.59 bits per heavy atom. The van der Waals surface area contributed by atoms with Crippen molar-refractivity contribution in [2.24, 2.45) is 0 Å². The summed E-state index contributed by atoms with van der Waals surface area (Å²) in [6.07, 6.45) is -1.64. The summed E-state index contributed by atoms with van der Waals surface area (Å²) < 4.78 is 47.0. The molecule has 0 aromatic carbocycles. The van der Waals surface area contributed by atoms with Crippen LogP contribution in [-0.4, -0.2) is 41.0 Å². The number of amides is 1. The first kappa shape index (κ1) is 22.1. The van der Waals surface area contributed by atoms with E-state index in [9.17, 15) is 22.8 Å². The van der Waals surface area contributed by atoms with Crippen LogP contribution in [0.5, 0.6) is 11.6 Å². The lowest BCUT2D eigenvalue weighted by atomic mass is 10.1. The second-order valence-electron chi connectivity index (χ2n) is 6.08. The second-order valence-corrected chi connectivity index (χ2v) is 6.08. The van der Waals surface area contributed by atoms with Gasteiger partial charge in [-0.1, -0.05) is 0 Å². The quantitative estimate of drug-likeness (QED) is 0.683. The van der Waals surface area contributed by atoms with Crippen LogP contribution < -0.4 is 14.8 Å². The summed E-state index contributed by atoms with van der Waals surface area (Å²) >= 11 is 0. The molecule has 0 fully saturated rings. The maximum atomic E-state index is 12.3. The predicted octanol–water partition coefficient (Wildman–Crippen LogP) is 2.88. The van der Waals surface area contributed by atoms with Gasteiger partial charge in [-0.15, -0.1) is 0 Å². The van der Waals surface area contributed by atoms with Crippen molar-refractivity contribution in [1.82, 2.24) is 15.3 Å². The van der Waals surface area contributed by atoms with E-state index in [-0.39, 0.29) is 37.0 Å². The van der Waals surface area contributed by atoms with Crippen molar-refractivity contribution in [3.05, 3.63) is 47.4 Å². The van der Waals surface area contributed by atoms with E-state index in [0.29, 0.717) is 16.8 Å². The number of alkyl halides is 3. The van der Waals surface area contributed by atoms with E-state index in [1.165, 1.54) is 37.5 Å². The third kappa shape index (κ3) is 7.40. The Morgan fingerprint density at radius 1 is 1.17 bits per heavy atom. The fourth-order valence-electron chi connectivity index (χ4n) is 2.34. The van der Waals surface area contributed by atoms with Crippen LogP contribution in [0.1, 0.15) is 35.5 Å². The molecule has 0 atom stereocenters. The van der Waals surface area contributed by atoms with Crippen molar-refractivity contribution in [2.45, 2.75) is 33.0 Å². The number of nitrogens with zero attached hydrogens (tertiary/aromatic N) is 2. The molecular formula is C19H20F3N3O4. The zero-order chi connectivity index (χ0) is 21.4. The minimum absolute atomic E-state index is 0.0520. The summed E-state index contributed by atoms with van der Waals surface area (Å²) in [5.74, 6) is -0.691. The smallest absolute Gasteiger partial charge is 0.422 e. The number of ether oxygens (including phenoxy) is 2. The van der Waals surface area contributed by atoms with Crippen LogP contribution in [0.4, 0.5) is 13.2 Å². The molecule has 29 heavy (non-hydrogen) atoms. The molecule has 0 spiro atoms. The van der Waals surface area contributed by atoms with Crippen molar-refractivity contribution < 1.29 is 32.2 Å². The molecule has 1 amide bonds. The number of rotatable bonds is 9. The number of halogens is 3. The first-order valence-electron chi connectivity index (χ1n) is 8.71. The van der Waals surface area contributed by atoms with Gasteiger partial charge in [-0.3, -0.25) is 14.6 Å². The van der Waals surface area contributed by atoms with Gasteiger partial charge in [0, 0.05) is 36.6 Å². The number of pyridine rings is 2. The monoisotopic (exact) mass is 411 g/mol. The average molecular weight is 411 g/mol. The van der Waals surface area contributed by atoms with Gasteiger partial charge in [-0.25, -0.2) is 4.98 Å². The highest BCUT2D eigenvalue weighted by atomic mass is 19.4. The first-order valence-corrected chi connectivity index (χ1v) is 8.71. The highest BCUT2D eigenvalue weighted by Crippen LogP contribution is 2.27. The maximum absolute atomic E-state index is 12.3. The minimum atomic E-state index is -4.50. The molecular weight excluding hydrogens is 391 g/mol. The molecule has 0 aliphatic rings. The largest absolute Gasteiger partial charge is 0.488 e. The SMILES string of the molecule is CCOc1cc(CNC(=O)c2ccnc(CC(C)=O)c2)cnc1OCC(F)(F)F. The van der Waals surface area contributed by atoms with Gasteiger partial charge in [0.1, 0.15) is 5.78 Å². The number of nitrogens with one attached hydrogen (secondary N) is 1. The van der Waals surface area contributed by atoms with Crippen LogP contribution in [0.15, 0.2) is 30.6 Å². The highest BCUT2D eigenvalue weighted by molar-refractivity contribution is 5.94. The number of carbonyl (C=O) groups is 2. The van der Waals surface area contributed by atoms with Crippen LogP contribution in [0.2, 0.25) is 0 Å². The molecule has 2 aromatic heterocycles. The third-order valence-corrected chi connectivity index (χ3v) is 3.51. The lowest BCUT2D eigenvalue weighted by Crippen LogP contribution is -2.23. The van der Waals surface area contributed by atoms with E-state index in [4.69, 9.17) is 4.74 Å². The summed E-state index contributed by atoms with van der Waals surface area (Å²) in [5, 5.41) is 2.67. The van der Waals surface area contributed by atoms with Crippen molar-refractivity contribution in [3.63, 3.8) is 0 Å². The van der Waals surface area contributed by atoms with Gasteiger partial charge in [-0.05, 0) is 37.6 Å². The van der Waals surface area contributed by atoms with E-state index in [1.807, 2.05) is 0 Å². The molecule has 0 saturated carbocycles. The molecule has 7 nitrogen and oxygen atoms in total. The fourth-order valence-corrected chi connectivity index (χ4v) is 2.34. The maximum Gasteiger partial charge on any atom is 0.422 e. The molecule has 10 heteroatoms. The standard InChI is InChI=1S/C19H20F3N3O4/c1-3-28-16-7-13(10-25-18(16)29-11-19(20,21)22)9-24-17(27)14-4-5-23-15(8-14)6-12(2)26/h4-5,7-8,10H,3,6,9,11H2,1-2H3,(H,24,27). The molecule has 0 aliphatic heterocycles. The van der Waals surface area contributed by atoms with Crippen LogP contribution >= 0.6 is 0 Å². The molecule has 0 saturated heterocycles. The Bertz CT molecular complexity index is 872. The topological polar surface area (TPSA) is 90.4 Å². The zero-order valence-electron chi connectivity index (χ0n) is 15.9. The summed E-state index contributed by atoms with van der Waals surface area (Å²) in [6, 6.07) is 4.49. The summed E-state index contributed by atoms with van der Waals surface area (Å²) in [7, 11) is 0. The molecule has 0 bridgehead atoms. The van der Waals surface area contributed by atoms with Crippen molar-refractivity contribution in [1.29, 1.82) is 0 Å².